The van der Waals surface area contributed by atoms with Crippen LogP contribution in [0.2, 0.25) is 0 Å². The van der Waals surface area contributed by atoms with Crippen LogP contribution < -0.4 is 4.72 Å². The van der Waals surface area contributed by atoms with Gasteiger partial charge in [0.05, 0.1) is 17.6 Å². The molecule has 1 saturated carbocycles. The van der Waals surface area contributed by atoms with Gasteiger partial charge in [0, 0.05) is 6.54 Å². The van der Waals surface area contributed by atoms with Gasteiger partial charge in [0.25, 0.3) is 0 Å². The first-order valence-electron chi connectivity index (χ1n) is 6.21. The molecule has 1 N–H and O–H groups in total. The summed E-state index contributed by atoms with van der Waals surface area (Å²) < 4.78 is 31.4. The molecular weight excluding hydrogens is 266 g/mol. The van der Waals surface area contributed by atoms with Crippen LogP contribution in [-0.4, -0.2) is 28.0 Å². The average Bonchev–Trinajstić information content (AvgIpc) is 3.22. The van der Waals surface area contributed by atoms with Crippen molar-refractivity contribution in [3.8, 4) is 0 Å². The Balaban J connectivity index is 2.16. The first-order chi connectivity index (χ1) is 9.04. The molecular formula is C13H17NO4S. The molecule has 19 heavy (non-hydrogen) atoms. The lowest BCUT2D eigenvalue weighted by molar-refractivity contribution is 0.0596. The Kier molecular flexibility index (Phi) is 4.21. The zero-order valence-corrected chi connectivity index (χ0v) is 11.6. The summed E-state index contributed by atoms with van der Waals surface area (Å²) in [5.74, 6) is 0.00159. The average molecular weight is 283 g/mol. The Morgan fingerprint density at radius 1 is 1.37 bits per heavy atom. The second kappa shape index (κ2) is 5.71. The topological polar surface area (TPSA) is 72.5 Å². The fraction of sp³-hybridized carbons (Fsp3) is 0.462. The molecule has 5 nitrogen and oxygen atoms in total. The highest BCUT2D eigenvalue weighted by atomic mass is 32.2. The van der Waals surface area contributed by atoms with Crippen LogP contribution >= 0.6 is 0 Å². The molecule has 0 saturated heterocycles. The molecule has 1 aromatic carbocycles. The number of nitrogens with one attached hydrogen (secondary N) is 1. The largest absolute Gasteiger partial charge is 0.465 e. The Bertz CT molecular complexity index is 564. The van der Waals surface area contributed by atoms with Gasteiger partial charge in [-0.3, -0.25) is 0 Å². The lowest BCUT2D eigenvalue weighted by Gasteiger charge is -2.09. The Morgan fingerprint density at radius 2 is 2.05 bits per heavy atom. The zero-order chi connectivity index (χ0) is 13.9. The summed E-state index contributed by atoms with van der Waals surface area (Å²) in [6.45, 7) is 0.405. The molecule has 2 rings (SSSR count). The summed E-state index contributed by atoms with van der Waals surface area (Å²) in [6.07, 6.45) is 3.21. The van der Waals surface area contributed by atoms with Crippen LogP contribution in [0.1, 0.15) is 29.6 Å². The number of hydrogen-bond donors (Lipinski definition) is 1. The highest BCUT2D eigenvalue weighted by Crippen LogP contribution is 2.31. The molecule has 0 aromatic heterocycles. The minimum absolute atomic E-state index is 0.0300. The number of methoxy groups -OCH3 is 1. The molecule has 0 spiro atoms. The van der Waals surface area contributed by atoms with Gasteiger partial charge in [0.2, 0.25) is 10.0 Å². The minimum Gasteiger partial charge on any atom is -0.465 e. The molecule has 0 heterocycles. The summed E-state index contributed by atoms with van der Waals surface area (Å²) in [4.78, 5) is 11.5. The lowest BCUT2D eigenvalue weighted by Crippen LogP contribution is -2.27. The molecule has 1 aromatic rings. The van der Waals surface area contributed by atoms with Gasteiger partial charge in [-0.2, -0.15) is 0 Å². The fourth-order valence-corrected chi connectivity index (χ4v) is 3.10. The molecule has 0 amide bonds. The van der Waals surface area contributed by atoms with E-state index in [0.29, 0.717) is 12.5 Å². The Labute approximate surface area is 113 Å². The molecule has 104 valence electrons. The van der Waals surface area contributed by atoms with Gasteiger partial charge in [-0.1, -0.05) is 25.0 Å². The standard InChI is InChI=1S/C13H17NO4S/c1-18-13(15)11-4-2-3-5-12(11)19(16,17)14-9-8-10-6-7-10/h2-5,10,14H,6-9H2,1H3. The van der Waals surface area contributed by atoms with E-state index >= 15 is 0 Å². The monoisotopic (exact) mass is 283 g/mol. The van der Waals surface area contributed by atoms with Crippen LogP contribution in [0.15, 0.2) is 29.2 Å². The molecule has 1 aliphatic carbocycles. The summed E-state index contributed by atoms with van der Waals surface area (Å²) >= 11 is 0. The number of sulfonamides is 1. The second-order valence-corrected chi connectivity index (χ2v) is 6.35. The Morgan fingerprint density at radius 3 is 2.68 bits per heavy atom. The number of esters is 1. The number of hydrogen-bond acceptors (Lipinski definition) is 4. The van der Waals surface area contributed by atoms with Gasteiger partial charge in [-0.15, -0.1) is 0 Å². The van der Waals surface area contributed by atoms with Crippen molar-refractivity contribution in [3.63, 3.8) is 0 Å². The van der Waals surface area contributed by atoms with Gasteiger partial charge >= 0.3 is 5.97 Å². The van der Waals surface area contributed by atoms with Crippen molar-refractivity contribution in [2.24, 2.45) is 5.92 Å². The van der Waals surface area contributed by atoms with Crippen molar-refractivity contribution in [2.75, 3.05) is 13.7 Å². The fourth-order valence-electron chi connectivity index (χ4n) is 1.86. The van der Waals surface area contributed by atoms with Crippen LogP contribution in [0.3, 0.4) is 0 Å². The first-order valence-corrected chi connectivity index (χ1v) is 7.70. The van der Waals surface area contributed by atoms with E-state index in [2.05, 4.69) is 9.46 Å². The normalized spacial score (nSPS) is 15.2. The predicted octanol–water partition coefficient (Wildman–Crippen LogP) is 1.55. The van der Waals surface area contributed by atoms with Crippen LogP contribution in [0.5, 0.6) is 0 Å². The third-order valence-corrected chi connectivity index (χ3v) is 4.64. The summed E-state index contributed by atoms with van der Waals surface area (Å²) in [5, 5.41) is 0. The zero-order valence-electron chi connectivity index (χ0n) is 10.8. The summed E-state index contributed by atoms with van der Waals surface area (Å²) in [5.41, 5.74) is 0.0592. The minimum atomic E-state index is -3.66. The van der Waals surface area contributed by atoms with E-state index in [1.165, 1.54) is 32.1 Å². The van der Waals surface area contributed by atoms with Gasteiger partial charge in [0.15, 0.2) is 0 Å². The van der Waals surface area contributed by atoms with Crippen LogP contribution in [0.25, 0.3) is 0 Å². The van der Waals surface area contributed by atoms with Gasteiger partial charge in [-0.05, 0) is 24.5 Å². The van der Waals surface area contributed by atoms with Crippen LogP contribution in [0.4, 0.5) is 0 Å². The molecule has 0 radical (unpaired) electrons. The van der Waals surface area contributed by atoms with Gasteiger partial charge in [0.1, 0.15) is 0 Å². The second-order valence-electron chi connectivity index (χ2n) is 4.62. The predicted molar refractivity (Wildman–Crippen MR) is 70.3 cm³/mol. The van der Waals surface area contributed by atoms with Crippen molar-refractivity contribution in [1.29, 1.82) is 0 Å². The SMILES string of the molecule is COC(=O)c1ccccc1S(=O)(=O)NCCC1CC1. The molecule has 0 aliphatic heterocycles. The molecule has 0 bridgehead atoms. The number of carbonyl (C=O) groups excluding carboxylic acids is 1. The van der Waals surface area contributed by atoms with E-state index in [1.54, 1.807) is 12.1 Å². The third kappa shape index (κ3) is 3.54. The maximum Gasteiger partial charge on any atom is 0.339 e. The van der Waals surface area contributed by atoms with Crippen molar-refractivity contribution in [3.05, 3.63) is 29.8 Å². The van der Waals surface area contributed by atoms with Crippen LogP contribution in [0, 0.1) is 5.92 Å². The molecule has 1 fully saturated rings. The first kappa shape index (κ1) is 14.0. The van der Waals surface area contributed by atoms with Crippen molar-refractivity contribution >= 4 is 16.0 Å². The molecule has 1 aliphatic rings. The number of rotatable bonds is 6. The number of benzene rings is 1. The smallest absolute Gasteiger partial charge is 0.339 e. The summed E-state index contributed by atoms with van der Waals surface area (Å²) in [7, 11) is -2.44. The van der Waals surface area contributed by atoms with Crippen LogP contribution in [-0.2, 0) is 14.8 Å². The van der Waals surface area contributed by atoms with E-state index in [9.17, 15) is 13.2 Å². The van der Waals surface area contributed by atoms with E-state index in [0.717, 1.165) is 6.42 Å². The third-order valence-electron chi connectivity index (χ3n) is 3.12. The molecule has 0 unspecified atom stereocenters. The van der Waals surface area contributed by atoms with E-state index in [-0.39, 0.29) is 10.5 Å². The van der Waals surface area contributed by atoms with E-state index in [4.69, 9.17) is 0 Å². The Hall–Kier alpha value is -1.40. The maximum atomic E-state index is 12.2. The quantitative estimate of drug-likeness (QED) is 0.804. The summed E-state index contributed by atoms with van der Waals surface area (Å²) in [6, 6.07) is 6.05. The maximum absolute atomic E-state index is 12.2. The van der Waals surface area contributed by atoms with Crippen molar-refractivity contribution in [1.82, 2.24) is 4.72 Å². The van der Waals surface area contributed by atoms with Crippen molar-refractivity contribution < 1.29 is 17.9 Å². The van der Waals surface area contributed by atoms with Gasteiger partial charge in [-0.25, -0.2) is 17.9 Å². The van der Waals surface area contributed by atoms with E-state index < -0.39 is 16.0 Å². The number of carbonyl (C=O) groups is 1. The number of ether oxygens (including phenoxy) is 1. The van der Waals surface area contributed by atoms with Gasteiger partial charge < -0.3 is 4.74 Å². The lowest BCUT2D eigenvalue weighted by atomic mass is 10.2. The highest BCUT2D eigenvalue weighted by Gasteiger charge is 2.24. The van der Waals surface area contributed by atoms with E-state index in [1.807, 2.05) is 0 Å². The molecule has 0 atom stereocenters. The highest BCUT2D eigenvalue weighted by molar-refractivity contribution is 7.89. The van der Waals surface area contributed by atoms with Crippen molar-refractivity contribution in [2.45, 2.75) is 24.2 Å². The molecule has 6 heteroatoms.